The highest BCUT2D eigenvalue weighted by Gasteiger charge is 2.41. The van der Waals surface area contributed by atoms with Gasteiger partial charge in [0.2, 0.25) is 0 Å². The molecule has 1 fully saturated rings. The van der Waals surface area contributed by atoms with Crippen LogP contribution in [0.4, 0.5) is 0 Å². The van der Waals surface area contributed by atoms with Crippen molar-refractivity contribution in [3.63, 3.8) is 0 Å². The van der Waals surface area contributed by atoms with E-state index in [1.165, 1.54) is 0 Å². The van der Waals surface area contributed by atoms with Crippen LogP contribution in [-0.4, -0.2) is 51.7 Å². The minimum atomic E-state index is 0.157. The zero-order valence-electron chi connectivity index (χ0n) is 14.0. The van der Waals surface area contributed by atoms with Gasteiger partial charge in [-0.3, -0.25) is 0 Å². The minimum Gasteiger partial charge on any atom is -0.382 e. The van der Waals surface area contributed by atoms with Gasteiger partial charge in [-0.25, -0.2) is 0 Å². The van der Waals surface area contributed by atoms with Crippen LogP contribution in [-0.2, 0) is 14.2 Å². The van der Waals surface area contributed by atoms with Crippen LogP contribution in [0.2, 0.25) is 0 Å². The van der Waals surface area contributed by atoms with Crippen LogP contribution in [0, 0.1) is 5.41 Å². The lowest BCUT2D eigenvalue weighted by molar-refractivity contribution is 0.0382. The molecular formula is C16H33NO3. The first kappa shape index (κ1) is 17.9. The van der Waals surface area contributed by atoms with Gasteiger partial charge in [-0.2, -0.15) is 0 Å². The van der Waals surface area contributed by atoms with Crippen LogP contribution in [0.25, 0.3) is 0 Å². The molecule has 0 amide bonds. The lowest BCUT2D eigenvalue weighted by Crippen LogP contribution is -2.46. The Bertz CT molecular complexity index is 265. The summed E-state index contributed by atoms with van der Waals surface area (Å²) in [6.07, 6.45) is 3.72. The van der Waals surface area contributed by atoms with Crippen LogP contribution in [0.1, 0.15) is 47.0 Å². The predicted octanol–water partition coefficient (Wildman–Crippen LogP) is 2.61. The SMILES string of the molecule is COCCOCCCC1(CNC(C)(C)C)CCOC1C. The Morgan fingerprint density at radius 2 is 2.00 bits per heavy atom. The Balaban J connectivity index is 2.36. The number of hydrogen-bond donors (Lipinski definition) is 1. The molecule has 0 radical (unpaired) electrons. The molecule has 2 atom stereocenters. The van der Waals surface area contributed by atoms with Gasteiger partial charge < -0.3 is 19.5 Å². The summed E-state index contributed by atoms with van der Waals surface area (Å²) in [4.78, 5) is 0. The summed E-state index contributed by atoms with van der Waals surface area (Å²) in [7, 11) is 1.70. The van der Waals surface area contributed by atoms with E-state index in [2.05, 4.69) is 33.0 Å². The van der Waals surface area contributed by atoms with Gasteiger partial charge in [0.15, 0.2) is 0 Å². The fraction of sp³-hybridized carbons (Fsp3) is 1.00. The summed E-state index contributed by atoms with van der Waals surface area (Å²) >= 11 is 0. The van der Waals surface area contributed by atoms with Crippen LogP contribution in [0.3, 0.4) is 0 Å². The standard InChI is InChI=1S/C16H33NO3/c1-14-16(8-10-20-14,13-17-15(2,3)4)7-6-9-19-12-11-18-5/h14,17H,6-13H2,1-5H3. The molecule has 120 valence electrons. The first-order chi connectivity index (χ1) is 9.40. The molecule has 4 heteroatoms. The van der Waals surface area contributed by atoms with Gasteiger partial charge >= 0.3 is 0 Å². The van der Waals surface area contributed by atoms with Crippen molar-refractivity contribution in [3.8, 4) is 0 Å². The van der Waals surface area contributed by atoms with Gasteiger partial charge in [-0.15, -0.1) is 0 Å². The molecule has 0 bridgehead atoms. The third-order valence-electron chi connectivity index (χ3n) is 4.20. The molecule has 1 heterocycles. The average molecular weight is 287 g/mol. The van der Waals surface area contributed by atoms with Crippen molar-refractivity contribution in [1.82, 2.24) is 5.32 Å². The van der Waals surface area contributed by atoms with Gasteiger partial charge in [0, 0.05) is 37.8 Å². The molecular weight excluding hydrogens is 254 g/mol. The molecule has 4 nitrogen and oxygen atoms in total. The molecule has 2 unspecified atom stereocenters. The van der Waals surface area contributed by atoms with Gasteiger partial charge in [0.25, 0.3) is 0 Å². The van der Waals surface area contributed by atoms with Crippen molar-refractivity contribution in [2.24, 2.45) is 5.41 Å². The van der Waals surface area contributed by atoms with Crippen molar-refractivity contribution in [1.29, 1.82) is 0 Å². The predicted molar refractivity (Wildman–Crippen MR) is 82.1 cm³/mol. The van der Waals surface area contributed by atoms with Crippen molar-refractivity contribution in [3.05, 3.63) is 0 Å². The minimum absolute atomic E-state index is 0.157. The quantitative estimate of drug-likeness (QED) is 0.662. The number of methoxy groups -OCH3 is 1. The molecule has 1 saturated heterocycles. The Kier molecular flexibility index (Phi) is 7.45. The molecule has 0 spiro atoms. The normalized spacial score (nSPS) is 27.1. The summed E-state index contributed by atoms with van der Waals surface area (Å²) in [6.45, 7) is 13.0. The molecule has 1 aliphatic rings. The highest BCUT2D eigenvalue weighted by atomic mass is 16.5. The second kappa shape index (κ2) is 8.32. The van der Waals surface area contributed by atoms with E-state index >= 15 is 0 Å². The summed E-state index contributed by atoms with van der Waals surface area (Å²) < 4.78 is 16.4. The van der Waals surface area contributed by atoms with Crippen molar-refractivity contribution in [2.45, 2.75) is 58.6 Å². The van der Waals surface area contributed by atoms with Gasteiger partial charge in [0.05, 0.1) is 19.3 Å². The maximum Gasteiger partial charge on any atom is 0.0700 e. The lowest BCUT2D eigenvalue weighted by Gasteiger charge is -2.36. The van der Waals surface area contributed by atoms with Crippen LogP contribution in [0.5, 0.6) is 0 Å². The number of rotatable bonds is 9. The fourth-order valence-electron chi connectivity index (χ4n) is 2.68. The van der Waals surface area contributed by atoms with Crippen molar-refractivity contribution < 1.29 is 14.2 Å². The van der Waals surface area contributed by atoms with Gasteiger partial charge in [-0.05, 0) is 47.0 Å². The summed E-state index contributed by atoms with van der Waals surface area (Å²) in [5.41, 5.74) is 0.419. The topological polar surface area (TPSA) is 39.7 Å². The number of hydrogen-bond acceptors (Lipinski definition) is 4. The first-order valence-electron chi connectivity index (χ1n) is 7.83. The molecule has 0 aromatic rings. The second-order valence-corrected chi connectivity index (χ2v) is 6.94. The van der Waals surface area contributed by atoms with E-state index in [0.29, 0.717) is 19.3 Å². The van der Waals surface area contributed by atoms with E-state index in [9.17, 15) is 0 Å². The first-order valence-corrected chi connectivity index (χ1v) is 7.83. The zero-order chi connectivity index (χ0) is 15.1. The third kappa shape index (κ3) is 6.08. The van der Waals surface area contributed by atoms with E-state index in [1.807, 2.05) is 0 Å². The van der Waals surface area contributed by atoms with E-state index in [0.717, 1.165) is 39.0 Å². The van der Waals surface area contributed by atoms with Crippen LogP contribution in [0.15, 0.2) is 0 Å². The molecule has 1 aliphatic heterocycles. The van der Waals surface area contributed by atoms with Gasteiger partial charge in [0.1, 0.15) is 0 Å². The zero-order valence-corrected chi connectivity index (χ0v) is 14.0. The number of nitrogens with one attached hydrogen (secondary N) is 1. The molecule has 0 aromatic carbocycles. The van der Waals surface area contributed by atoms with Crippen LogP contribution < -0.4 is 5.32 Å². The van der Waals surface area contributed by atoms with Crippen molar-refractivity contribution >= 4 is 0 Å². The Morgan fingerprint density at radius 3 is 2.55 bits per heavy atom. The summed E-state index contributed by atoms with van der Waals surface area (Å²) in [5, 5.41) is 3.66. The Labute approximate surface area is 124 Å². The molecule has 1 rings (SSSR count). The molecule has 0 aliphatic carbocycles. The largest absolute Gasteiger partial charge is 0.382 e. The van der Waals surface area contributed by atoms with E-state index < -0.39 is 0 Å². The average Bonchev–Trinajstić information content (AvgIpc) is 2.73. The summed E-state index contributed by atoms with van der Waals surface area (Å²) in [5.74, 6) is 0. The highest BCUT2D eigenvalue weighted by Crippen LogP contribution is 2.39. The summed E-state index contributed by atoms with van der Waals surface area (Å²) in [6, 6.07) is 0. The van der Waals surface area contributed by atoms with E-state index in [1.54, 1.807) is 7.11 Å². The second-order valence-electron chi connectivity index (χ2n) is 6.94. The van der Waals surface area contributed by atoms with Crippen molar-refractivity contribution in [2.75, 3.05) is 40.1 Å². The fourth-order valence-corrected chi connectivity index (χ4v) is 2.68. The van der Waals surface area contributed by atoms with E-state index in [-0.39, 0.29) is 11.0 Å². The smallest absolute Gasteiger partial charge is 0.0700 e. The molecule has 1 N–H and O–H groups in total. The molecule has 20 heavy (non-hydrogen) atoms. The lowest BCUT2D eigenvalue weighted by atomic mass is 9.77. The van der Waals surface area contributed by atoms with Gasteiger partial charge in [-0.1, -0.05) is 0 Å². The third-order valence-corrected chi connectivity index (χ3v) is 4.20. The molecule has 0 aromatic heterocycles. The Morgan fingerprint density at radius 1 is 1.25 bits per heavy atom. The van der Waals surface area contributed by atoms with E-state index in [4.69, 9.17) is 14.2 Å². The maximum absolute atomic E-state index is 5.83. The highest BCUT2D eigenvalue weighted by molar-refractivity contribution is 4.93. The maximum atomic E-state index is 5.83. The Hall–Kier alpha value is -0.160. The van der Waals surface area contributed by atoms with Crippen LogP contribution >= 0.6 is 0 Å². The molecule has 0 saturated carbocycles. The monoisotopic (exact) mass is 287 g/mol. The number of ether oxygens (including phenoxy) is 3.